The van der Waals surface area contributed by atoms with Crippen LogP contribution in [-0.2, 0) is 0 Å². The summed E-state index contributed by atoms with van der Waals surface area (Å²) in [5.41, 5.74) is 1.15. The van der Waals surface area contributed by atoms with Crippen LogP contribution < -0.4 is 9.64 Å². The lowest BCUT2D eigenvalue weighted by Gasteiger charge is -2.45. The van der Waals surface area contributed by atoms with Gasteiger partial charge in [-0.25, -0.2) is 0 Å². The predicted molar refractivity (Wildman–Crippen MR) is 73.3 cm³/mol. The number of rotatable bonds is 3. The number of nitrogens with zero attached hydrogens (tertiary/aromatic N) is 2. The van der Waals surface area contributed by atoms with E-state index in [0.717, 1.165) is 24.5 Å². The van der Waals surface area contributed by atoms with Crippen LogP contribution in [0.4, 0.5) is 5.69 Å². The van der Waals surface area contributed by atoms with Gasteiger partial charge < -0.3 is 19.6 Å². The molecule has 0 aromatic heterocycles. The van der Waals surface area contributed by atoms with Gasteiger partial charge >= 0.3 is 0 Å². The number of hydrogen-bond acceptors (Lipinski definition) is 4. The Kier molecular flexibility index (Phi) is 4.09. The Morgan fingerprint density at radius 3 is 2.50 bits per heavy atom. The zero-order valence-corrected chi connectivity index (χ0v) is 11.3. The molecule has 0 aliphatic carbocycles. The van der Waals surface area contributed by atoms with Crippen molar-refractivity contribution in [1.82, 2.24) is 4.90 Å². The Labute approximate surface area is 109 Å². The topological polar surface area (TPSA) is 35.9 Å². The standard InChI is InChI=1S/C14H22N2O2/c1-11-8-15(2)9-13(10-17)16(11)12-4-6-14(18-3)7-5-12/h4-7,11,13,17H,8-10H2,1-3H3. The van der Waals surface area contributed by atoms with Crippen molar-refractivity contribution in [2.45, 2.75) is 19.0 Å². The van der Waals surface area contributed by atoms with E-state index >= 15 is 0 Å². The SMILES string of the molecule is COc1ccc(N2C(C)CN(C)CC2CO)cc1. The van der Waals surface area contributed by atoms with Crippen molar-refractivity contribution in [2.75, 3.05) is 38.8 Å². The summed E-state index contributed by atoms with van der Waals surface area (Å²) in [6.45, 7) is 4.29. The first-order chi connectivity index (χ1) is 8.65. The fourth-order valence-electron chi connectivity index (χ4n) is 2.79. The van der Waals surface area contributed by atoms with E-state index in [9.17, 15) is 5.11 Å². The molecule has 1 N–H and O–H groups in total. The van der Waals surface area contributed by atoms with E-state index in [-0.39, 0.29) is 12.6 Å². The zero-order valence-electron chi connectivity index (χ0n) is 11.3. The van der Waals surface area contributed by atoms with Gasteiger partial charge in [0.1, 0.15) is 5.75 Å². The minimum atomic E-state index is 0.159. The lowest BCUT2D eigenvalue weighted by atomic mass is 10.1. The first-order valence-electron chi connectivity index (χ1n) is 6.37. The van der Waals surface area contributed by atoms with E-state index in [4.69, 9.17) is 4.74 Å². The molecule has 1 aliphatic heterocycles. The normalized spacial score (nSPS) is 25.2. The Hall–Kier alpha value is -1.26. The third-order valence-corrected chi connectivity index (χ3v) is 3.55. The molecule has 2 atom stereocenters. The molecule has 2 rings (SSSR count). The van der Waals surface area contributed by atoms with Crippen molar-refractivity contribution in [1.29, 1.82) is 0 Å². The van der Waals surface area contributed by atoms with Gasteiger partial charge in [0.15, 0.2) is 0 Å². The maximum absolute atomic E-state index is 9.57. The molecule has 1 aliphatic rings. The largest absolute Gasteiger partial charge is 0.497 e. The monoisotopic (exact) mass is 250 g/mol. The lowest BCUT2D eigenvalue weighted by molar-refractivity contribution is 0.171. The number of ether oxygens (including phenoxy) is 1. The van der Waals surface area contributed by atoms with Crippen molar-refractivity contribution < 1.29 is 9.84 Å². The van der Waals surface area contributed by atoms with Crippen LogP contribution in [0.2, 0.25) is 0 Å². The van der Waals surface area contributed by atoms with Crippen LogP contribution in [0.25, 0.3) is 0 Å². The minimum Gasteiger partial charge on any atom is -0.497 e. The van der Waals surface area contributed by atoms with E-state index in [2.05, 4.69) is 35.9 Å². The Balaban J connectivity index is 2.22. The van der Waals surface area contributed by atoms with Crippen LogP contribution in [0.1, 0.15) is 6.92 Å². The molecule has 18 heavy (non-hydrogen) atoms. The van der Waals surface area contributed by atoms with Crippen LogP contribution in [0.15, 0.2) is 24.3 Å². The van der Waals surface area contributed by atoms with Gasteiger partial charge in [0, 0.05) is 24.8 Å². The molecule has 0 radical (unpaired) electrons. The van der Waals surface area contributed by atoms with Gasteiger partial charge in [0.25, 0.3) is 0 Å². The summed E-state index contributed by atoms with van der Waals surface area (Å²) in [4.78, 5) is 4.57. The van der Waals surface area contributed by atoms with Crippen LogP contribution in [0.5, 0.6) is 5.75 Å². The summed E-state index contributed by atoms with van der Waals surface area (Å²) < 4.78 is 5.18. The van der Waals surface area contributed by atoms with Gasteiger partial charge in [0.2, 0.25) is 0 Å². The maximum Gasteiger partial charge on any atom is 0.119 e. The van der Waals surface area contributed by atoms with Crippen LogP contribution in [-0.4, -0.2) is 55.9 Å². The summed E-state index contributed by atoms with van der Waals surface area (Å²) >= 11 is 0. The van der Waals surface area contributed by atoms with Gasteiger partial charge in [-0.1, -0.05) is 0 Å². The second-order valence-electron chi connectivity index (χ2n) is 5.01. The highest BCUT2D eigenvalue weighted by atomic mass is 16.5. The van der Waals surface area contributed by atoms with Crippen molar-refractivity contribution >= 4 is 5.69 Å². The molecule has 0 amide bonds. The van der Waals surface area contributed by atoms with E-state index in [1.54, 1.807) is 7.11 Å². The number of aliphatic hydroxyl groups is 1. The van der Waals surface area contributed by atoms with E-state index < -0.39 is 0 Å². The fourth-order valence-corrected chi connectivity index (χ4v) is 2.79. The van der Waals surface area contributed by atoms with Crippen LogP contribution >= 0.6 is 0 Å². The van der Waals surface area contributed by atoms with E-state index in [1.165, 1.54) is 0 Å². The molecule has 0 saturated carbocycles. The molecule has 1 heterocycles. The molecule has 4 heteroatoms. The van der Waals surface area contributed by atoms with Gasteiger partial charge in [-0.15, -0.1) is 0 Å². The summed E-state index contributed by atoms with van der Waals surface area (Å²) in [6, 6.07) is 8.61. The Morgan fingerprint density at radius 2 is 1.94 bits per heavy atom. The smallest absolute Gasteiger partial charge is 0.119 e. The average Bonchev–Trinajstić information content (AvgIpc) is 2.38. The lowest BCUT2D eigenvalue weighted by Crippen LogP contribution is -2.58. The average molecular weight is 250 g/mol. The summed E-state index contributed by atoms with van der Waals surface area (Å²) in [5.74, 6) is 0.862. The molecule has 1 fully saturated rings. The third kappa shape index (κ3) is 2.60. The van der Waals surface area contributed by atoms with Gasteiger partial charge in [-0.3, -0.25) is 0 Å². The first-order valence-corrected chi connectivity index (χ1v) is 6.37. The predicted octanol–water partition coefficient (Wildman–Crippen LogP) is 1.20. The van der Waals surface area contributed by atoms with Crippen LogP contribution in [0.3, 0.4) is 0 Å². The number of likely N-dealkylation sites (N-methyl/N-ethyl adjacent to an activating group) is 1. The number of hydrogen-bond donors (Lipinski definition) is 1. The quantitative estimate of drug-likeness (QED) is 0.874. The molecule has 1 saturated heterocycles. The molecule has 100 valence electrons. The summed E-state index contributed by atoms with van der Waals surface area (Å²) in [7, 11) is 3.77. The highest BCUT2D eigenvalue weighted by Gasteiger charge is 2.30. The number of anilines is 1. The molecule has 2 unspecified atom stereocenters. The van der Waals surface area contributed by atoms with Gasteiger partial charge in [-0.05, 0) is 38.2 Å². The first kappa shape index (κ1) is 13.2. The second kappa shape index (κ2) is 5.59. The third-order valence-electron chi connectivity index (χ3n) is 3.55. The Bertz CT molecular complexity index is 380. The highest BCUT2D eigenvalue weighted by molar-refractivity contribution is 5.51. The maximum atomic E-state index is 9.57. The summed E-state index contributed by atoms with van der Waals surface area (Å²) in [6.07, 6.45) is 0. The fraction of sp³-hybridized carbons (Fsp3) is 0.571. The molecule has 1 aromatic carbocycles. The van der Waals surface area contributed by atoms with Gasteiger partial charge in [0.05, 0.1) is 19.8 Å². The van der Waals surface area contributed by atoms with Crippen molar-refractivity contribution in [3.63, 3.8) is 0 Å². The summed E-state index contributed by atoms with van der Waals surface area (Å²) in [5, 5.41) is 9.57. The number of piperazine rings is 1. The van der Waals surface area contributed by atoms with E-state index in [0.29, 0.717) is 6.04 Å². The van der Waals surface area contributed by atoms with Crippen LogP contribution in [0, 0.1) is 0 Å². The molecule has 0 spiro atoms. The number of methoxy groups -OCH3 is 1. The highest BCUT2D eigenvalue weighted by Crippen LogP contribution is 2.26. The minimum absolute atomic E-state index is 0.159. The Morgan fingerprint density at radius 1 is 1.28 bits per heavy atom. The number of benzene rings is 1. The molecule has 4 nitrogen and oxygen atoms in total. The molecule has 0 bridgehead atoms. The number of aliphatic hydroxyl groups excluding tert-OH is 1. The van der Waals surface area contributed by atoms with Gasteiger partial charge in [-0.2, -0.15) is 0 Å². The zero-order chi connectivity index (χ0) is 13.1. The van der Waals surface area contributed by atoms with Crippen molar-refractivity contribution in [3.8, 4) is 5.75 Å². The molecular formula is C14H22N2O2. The molecule has 1 aromatic rings. The van der Waals surface area contributed by atoms with E-state index in [1.807, 2.05) is 12.1 Å². The van der Waals surface area contributed by atoms with Crippen molar-refractivity contribution in [2.24, 2.45) is 0 Å². The van der Waals surface area contributed by atoms with Crippen molar-refractivity contribution in [3.05, 3.63) is 24.3 Å². The molecular weight excluding hydrogens is 228 g/mol. The second-order valence-corrected chi connectivity index (χ2v) is 5.01.